The highest BCUT2D eigenvalue weighted by molar-refractivity contribution is 5.90. The van der Waals surface area contributed by atoms with E-state index in [1.807, 2.05) is 4.90 Å². The van der Waals surface area contributed by atoms with Crippen molar-refractivity contribution in [3.05, 3.63) is 79.9 Å². The lowest BCUT2D eigenvalue weighted by molar-refractivity contribution is -0.385. The molecular formula is C24H29N3O8. The van der Waals surface area contributed by atoms with E-state index in [1.54, 1.807) is 0 Å². The summed E-state index contributed by atoms with van der Waals surface area (Å²) >= 11 is 0. The average molecular weight is 488 g/mol. The number of carbonyl (C=O) groups excluding carboxylic acids is 2. The fourth-order valence-electron chi connectivity index (χ4n) is 3.24. The predicted octanol–water partition coefficient (Wildman–Crippen LogP) is 4.40. The summed E-state index contributed by atoms with van der Waals surface area (Å²) in [5.74, 6) is -1.15. The number of non-ortho nitro benzene ring substituents is 2. The number of hydrogen-bond acceptors (Lipinski definition) is 9. The first-order chi connectivity index (χ1) is 16.8. The molecule has 0 spiro atoms. The number of benzene rings is 2. The number of nitrogens with zero attached hydrogens (tertiary/aromatic N) is 3. The van der Waals surface area contributed by atoms with E-state index in [2.05, 4.69) is 6.92 Å². The van der Waals surface area contributed by atoms with E-state index in [0.29, 0.717) is 13.1 Å². The van der Waals surface area contributed by atoms with Crippen molar-refractivity contribution in [2.24, 2.45) is 0 Å². The Morgan fingerprint density at radius 1 is 0.714 bits per heavy atom. The van der Waals surface area contributed by atoms with Gasteiger partial charge in [0, 0.05) is 37.4 Å². The molecule has 35 heavy (non-hydrogen) atoms. The van der Waals surface area contributed by atoms with Crippen LogP contribution in [-0.2, 0) is 9.47 Å². The van der Waals surface area contributed by atoms with Crippen LogP contribution in [0.15, 0.2) is 48.5 Å². The summed E-state index contributed by atoms with van der Waals surface area (Å²) in [6.07, 6.45) is 4.20. The minimum atomic E-state index is -0.574. The molecule has 11 heteroatoms. The number of nitro benzene ring substituents is 2. The van der Waals surface area contributed by atoms with Gasteiger partial charge in [0.05, 0.1) is 21.0 Å². The highest BCUT2D eigenvalue weighted by Gasteiger charge is 2.14. The van der Waals surface area contributed by atoms with E-state index >= 15 is 0 Å². The number of nitro groups is 2. The molecule has 0 N–H and O–H groups in total. The topological polar surface area (TPSA) is 142 Å². The summed E-state index contributed by atoms with van der Waals surface area (Å²) in [6.45, 7) is 3.94. The molecule has 0 amide bonds. The monoisotopic (exact) mass is 487 g/mol. The van der Waals surface area contributed by atoms with Gasteiger partial charge in [-0.25, -0.2) is 9.59 Å². The van der Waals surface area contributed by atoms with Gasteiger partial charge >= 0.3 is 11.9 Å². The van der Waals surface area contributed by atoms with Gasteiger partial charge in [0.2, 0.25) is 0 Å². The van der Waals surface area contributed by atoms with Crippen molar-refractivity contribution in [1.29, 1.82) is 0 Å². The fraction of sp³-hybridized carbons (Fsp3) is 0.417. The molecule has 2 aromatic carbocycles. The summed E-state index contributed by atoms with van der Waals surface area (Å²) in [6, 6.07) is 10.4. The molecular weight excluding hydrogens is 458 g/mol. The standard InChI is InChI=1S/C24H29N3O8/c1-2-3-4-5-14-25(15-17-34-23(28)19-6-10-21(11-7-19)26(30)31)16-18-35-24(29)20-8-12-22(13-9-20)27(32)33/h6-13H,2-5,14-18H2,1H3. The smallest absolute Gasteiger partial charge is 0.338 e. The molecule has 0 atom stereocenters. The molecule has 0 fully saturated rings. The predicted molar refractivity (Wildman–Crippen MR) is 127 cm³/mol. The average Bonchev–Trinajstić information content (AvgIpc) is 2.86. The molecule has 0 bridgehead atoms. The molecule has 0 aliphatic heterocycles. The summed E-state index contributed by atoms with van der Waals surface area (Å²) in [5, 5.41) is 21.5. The minimum absolute atomic E-state index is 0.108. The molecule has 11 nitrogen and oxygen atoms in total. The number of rotatable bonds is 15. The van der Waals surface area contributed by atoms with Crippen molar-refractivity contribution in [1.82, 2.24) is 4.90 Å². The number of unbranched alkanes of at least 4 members (excludes halogenated alkanes) is 3. The van der Waals surface area contributed by atoms with E-state index in [0.717, 1.165) is 32.2 Å². The summed E-state index contributed by atoms with van der Waals surface area (Å²) in [4.78, 5) is 46.8. The van der Waals surface area contributed by atoms with Gasteiger partial charge in [-0.1, -0.05) is 26.2 Å². The van der Waals surface area contributed by atoms with Crippen molar-refractivity contribution in [3.8, 4) is 0 Å². The van der Waals surface area contributed by atoms with Gasteiger partial charge in [0.1, 0.15) is 13.2 Å². The number of esters is 2. The first-order valence-corrected chi connectivity index (χ1v) is 11.4. The first kappa shape index (κ1) is 27.4. The van der Waals surface area contributed by atoms with Gasteiger partial charge in [-0.3, -0.25) is 25.1 Å². The lowest BCUT2D eigenvalue weighted by Crippen LogP contribution is -2.33. The van der Waals surface area contributed by atoms with E-state index in [9.17, 15) is 29.8 Å². The molecule has 0 aliphatic carbocycles. The Hall–Kier alpha value is -3.86. The Balaban J connectivity index is 1.83. The number of ether oxygens (including phenoxy) is 2. The third kappa shape index (κ3) is 9.49. The third-order valence-corrected chi connectivity index (χ3v) is 5.24. The Labute approximate surface area is 202 Å². The normalized spacial score (nSPS) is 10.7. The fourth-order valence-corrected chi connectivity index (χ4v) is 3.24. The number of carbonyl (C=O) groups is 2. The molecule has 188 valence electrons. The van der Waals surface area contributed by atoms with Crippen LogP contribution in [0.1, 0.15) is 53.3 Å². The van der Waals surface area contributed by atoms with Gasteiger partial charge in [-0.2, -0.15) is 0 Å². The SMILES string of the molecule is CCCCCCN(CCOC(=O)c1ccc([N+](=O)[O-])cc1)CCOC(=O)c1ccc([N+](=O)[O-])cc1. The van der Waals surface area contributed by atoms with Crippen molar-refractivity contribution in [2.45, 2.75) is 32.6 Å². The van der Waals surface area contributed by atoms with E-state index in [4.69, 9.17) is 9.47 Å². The Bertz CT molecular complexity index is 917. The Morgan fingerprint density at radius 3 is 1.51 bits per heavy atom. The molecule has 2 rings (SSSR count). The van der Waals surface area contributed by atoms with Gasteiger partial charge in [-0.05, 0) is 37.2 Å². The zero-order valence-corrected chi connectivity index (χ0v) is 19.6. The number of hydrogen-bond donors (Lipinski definition) is 0. The van der Waals surface area contributed by atoms with Crippen LogP contribution in [0.4, 0.5) is 11.4 Å². The van der Waals surface area contributed by atoms with Crippen LogP contribution in [0, 0.1) is 20.2 Å². The lowest BCUT2D eigenvalue weighted by Gasteiger charge is -2.22. The van der Waals surface area contributed by atoms with E-state index in [1.165, 1.54) is 48.5 Å². The first-order valence-electron chi connectivity index (χ1n) is 11.4. The Morgan fingerprint density at radius 2 is 1.14 bits per heavy atom. The second-order valence-corrected chi connectivity index (χ2v) is 7.78. The van der Waals surface area contributed by atoms with Crippen LogP contribution in [0.5, 0.6) is 0 Å². The zero-order valence-electron chi connectivity index (χ0n) is 19.6. The molecule has 0 saturated heterocycles. The lowest BCUT2D eigenvalue weighted by atomic mass is 10.2. The minimum Gasteiger partial charge on any atom is -0.461 e. The van der Waals surface area contributed by atoms with Crippen LogP contribution in [0.3, 0.4) is 0 Å². The molecule has 0 radical (unpaired) electrons. The van der Waals surface area contributed by atoms with Crippen molar-refractivity contribution in [3.63, 3.8) is 0 Å². The molecule has 2 aromatic rings. The maximum atomic E-state index is 12.2. The van der Waals surface area contributed by atoms with Crippen molar-refractivity contribution >= 4 is 23.3 Å². The van der Waals surface area contributed by atoms with Crippen molar-refractivity contribution < 1.29 is 28.9 Å². The Kier molecular flexibility index (Phi) is 11.3. The highest BCUT2D eigenvalue weighted by atomic mass is 16.6. The van der Waals surface area contributed by atoms with Crippen LogP contribution in [-0.4, -0.2) is 59.5 Å². The molecule has 0 aromatic heterocycles. The van der Waals surface area contributed by atoms with Gasteiger partial charge in [0.25, 0.3) is 11.4 Å². The van der Waals surface area contributed by atoms with Crippen LogP contribution in [0.2, 0.25) is 0 Å². The largest absolute Gasteiger partial charge is 0.461 e. The van der Waals surface area contributed by atoms with Gasteiger partial charge in [-0.15, -0.1) is 0 Å². The van der Waals surface area contributed by atoms with Crippen molar-refractivity contribution in [2.75, 3.05) is 32.8 Å². The third-order valence-electron chi connectivity index (χ3n) is 5.24. The summed E-state index contributed by atoms with van der Waals surface area (Å²) in [7, 11) is 0. The summed E-state index contributed by atoms with van der Waals surface area (Å²) < 4.78 is 10.6. The molecule has 0 unspecified atom stereocenters. The second-order valence-electron chi connectivity index (χ2n) is 7.78. The van der Waals surface area contributed by atoms with Crippen LogP contribution in [0.25, 0.3) is 0 Å². The summed E-state index contributed by atoms with van der Waals surface area (Å²) in [5.41, 5.74) is 0.232. The molecule has 0 saturated carbocycles. The molecule has 0 heterocycles. The molecule has 0 aliphatic rings. The van der Waals surface area contributed by atoms with E-state index < -0.39 is 21.8 Å². The van der Waals surface area contributed by atoms with Crippen LogP contribution < -0.4 is 0 Å². The highest BCUT2D eigenvalue weighted by Crippen LogP contribution is 2.14. The maximum Gasteiger partial charge on any atom is 0.338 e. The second kappa shape index (κ2) is 14.4. The zero-order chi connectivity index (χ0) is 25.6. The van der Waals surface area contributed by atoms with Crippen LogP contribution >= 0.6 is 0 Å². The van der Waals surface area contributed by atoms with Gasteiger partial charge in [0.15, 0.2) is 0 Å². The maximum absolute atomic E-state index is 12.2. The van der Waals surface area contributed by atoms with Gasteiger partial charge < -0.3 is 9.47 Å². The van der Waals surface area contributed by atoms with E-state index in [-0.39, 0.29) is 35.7 Å². The quantitative estimate of drug-likeness (QED) is 0.155.